The molecule has 0 radical (unpaired) electrons. The highest BCUT2D eigenvalue weighted by Gasteiger charge is 2.25. The summed E-state index contributed by atoms with van der Waals surface area (Å²) in [5.41, 5.74) is 2.53. The number of non-ortho nitro benzene ring substituents is 1. The molecule has 1 aliphatic rings. The van der Waals surface area contributed by atoms with Crippen molar-refractivity contribution in [3.63, 3.8) is 0 Å². The van der Waals surface area contributed by atoms with E-state index in [1.807, 2.05) is 24.3 Å². The van der Waals surface area contributed by atoms with Crippen molar-refractivity contribution in [2.45, 2.75) is 26.2 Å². The first kappa shape index (κ1) is 17.5. The van der Waals surface area contributed by atoms with Gasteiger partial charge in [0, 0.05) is 17.7 Å². The Morgan fingerprint density at radius 3 is 2.42 bits per heavy atom. The van der Waals surface area contributed by atoms with E-state index >= 15 is 0 Å². The van der Waals surface area contributed by atoms with E-state index in [2.05, 4.69) is 25.8 Å². The number of nitrogens with zero attached hydrogens (tertiary/aromatic N) is 2. The van der Waals surface area contributed by atoms with Crippen LogP contribution in [0, 0.1) is 10.1 Å². The number of carbonyl (C=O) groups excluding carboxylic acids is 1. The van der Waals surface area contributed by atoms with E-state index in [0.717, 1.165) is 5.56 Å². The molecule has 6 heteroatoms. The second-order valence-electron chi connectivity index (χ2n) is 7.02. The van der Waals surface area contributed by atoms with Gasteiger partial charge in [0.2, 0.25) is 5.90 Å². The van der Waals surface area contributed by atoms with Crippen LogP contribution in [0.15, 0.2) is 59.2 Å². The van der Waals surface area contributed by atoms with Crippen LogP contribution in [0.4, 0.5) is 5.69 Å². The van der Waals surface area contributed by atoms with Crippen LogP contribution in [0.1, 0.15) is 37.5 Å². The second-order valence-corrected chi connectivity index (χ2v) is 7.02. The fourth-order valence-electron chi connectivity index (χ4n) is 2.52. The lowest BCUT2D eigenvalue weighted by atomic mass is 9.87. The van der Waals surface area contributed by atoms with Gasteiger partial charge in [0.15, 0.2) is 5.70 Å². The first-order valence-corrected chi connectivity index (χ1v) is 8.12. The third-order valence-electron chi connectivity index (χ3n) is 4.00. The number of nitro benzene ring substituents is 1. The zero-order valence-corrected chi connectivity index (χ0v) is 14.7. The summed E-state index contributed by atoms with van der Waals surface area (Å²) in [6.45, 7) is 6.39. The van der Waals surface area contributed by atoms with Crippen LogP contribution in [-0.4, -0.2) is 16.8 Å². The number of hydrogen-bond donors (Lipinski definition) is 0. The standard InChI is InChI=1S/C20H18N2O4/c1-20(2,3)15-9-7-13(8-10-15)11-17-19(23)26-18(21-17)14-5-4-6-16(12-14)22(24)25/h4-12H,1-3H3/b17-11+. The van der Waals surface area contributed by atoms with Crippen molar-refractivity contribution in [1.82, 2.24) is 0 Å². The summed E-state index contributed by atoms with van der Waals surface area (Å²) in [5, 5.41) is 10.9. The normalized spacial score (nSPS) is 15.7. The molecule has 0 aromatic heterocycles. The van der Waals surface area contributed by atoms with Gasteiger partial charge in [-0.05, 0) is 28.7 Å². The molecule has 2 aromatic rings. The zero-order valence-electron chi connectivity index (χ0n) is 14.7. The second kappa shape index (κ2) is 6.55. The Hall–Kier alpha value is -3.28. The van der Waals surface area contributed by atoms with Crippen molar-refractivity contribution < 1.29 is 14.5 Å². The predicted molar refractivity (Wildman–Crippen MR) is 98.8 cm³/mol. The fourth-order valence-corrected chi connectivity index (χ4v) is 2.52. The van der Waals surface area contributed by atoms with E-state index in [4.69, 9.17) is 4.74 Å². The number of ether oxygens (including phenoxy) is 1. The topological polar surface area (TPSA) is 81.8 Å². The van der Waals surface area contributed by atoms with Gasteiger partial charge in [-0.3, -0.25) is 10.1 Å². The van der Waals surface area contributed by atoms with Crippen molar-refractivity contribution in [3.8, 4) is 0 Å². The SMILES string of the molecule is CC(C)(C)c1ccc(/C=C2/N=C(c3cccc([N+](=O)[O-])c3)OC2=O)cc1. The van der Waals surface area contributed by atoms with Crippen LogP contribution >= 0.6 is 0 Å². The highest BCUT2D eigenvalue weighted by atomic mass is 16.6. The number of nitro groups is 1. The molecule has 0 bridgehead atoms. The van der Waals surface area contributed by atoms with Gasteiger partial charge in [-0.15, -0.1) is 0 Å². The maximum atomic E-state index is 12.1. The molecule has 0 atom stereocenters. The van der Waals surface area contributed by atoms with Crippen molar-refractivity contribution in [2.24, 2.45) is 4.99 Å². The summed E-state index contributed by atoms with van der Waals surface area (Å²) >= 11 is 0. The molecule has 0 spiro atoms. The van der Waals surface area contributed by atoms with Gasteiger partial charge in [0.25, 0.3) is 5.69 Å². The maximum absolute atomic E-state index is 12.1. The van der Waals surface area contributed by atoms with Crippen molar-refractivity contribution >= 4 is 23.6 Å². The van der Waals surface area contributed by atoms with E-state index in [0.29, 0.717) is 5.56 Å². The van der Waals surface area contributed by atoms with Gasteiger partial charge in [-0.2, -0.15) is 0 Å². The first-order chi connectivity index (χ1) is 12.2. The maximum Gasteiger partial charge on any atom is 0.363 e. The van der Waals surface area contributed by atoms with Crippen LogP contribution in [0.5, 0.6) is 0 Å². The molecule has 26 heavy (non-hydrogen) atoms. The van der Waals surface area contributed by atoms with Crippen LogP contribution < -0.4 is 0 Å². The van der Waals surface area contributed by atoms with E-state index in [1.165, 1.54) is 23.8 Å². The van der Waals surface area contributed by atoms with Gasteiger partial charge < -0.3 is 4.74 Å². The molecule has 2 aromatic carbocycles. The number of esters is 1. The Kier molecular flexibility index (Phi) is 4.42. The van der Waals surface area contributed by atoms with Crippen LogP contribution in [0.2, 0.25) is 0 Å². The molecule has 0 saturated heterocycles. The lowest BCUT2D eigenvalue weighted by Crippen LogP contribution is -2.10. The molecule has 0 fully saturated rings. The minimum absolute atomic E-state index is 0.0469. The van der Waals surface area contributed by atoms with Gasteiger partial charge in [-0.25, -0.2) is 9.79 Å². The molecule has 0 saturated carbocycles. The number of rotatable bonds is 3. The molecule has 3 rings (SSSR count). The lowest BCUT2D eigenvalue weighted by Gasteiger charge is -2.18. The van der Waals surface area contributed by atoms with E-state index in [-0.39, 0.29) is 22.7 Å². The first-order valence-electron chi connectivity index (χ1n) is 8.12. The van der Waals surface area contributed by atoms with Crippen molar-refractivity contribution in [1.29, 1.82) is 0 Å². The Morgan fingerprint density at radius 2 is 1.81 bits per heavy atom. The zero-order chi connectivity index (χ0) is 18.9. The minimum Gasteiger partial charge on any atom is -0.402 e. The Morgan fingerprint density at radius 1 is 1.12 bits per heavy atom. The van der Waals surface area contributed by atoms with Crippen molar-refractivity contribution in [2.75, 3.05) is 0 Å². The minimum atomic E-state index is -0.577. The number of benzene rings is 2. The smallest absolute Gasteiger partial charge is 0.363 e. The average molecular weight is 350 g/mol. The number of aliphatic imine (C=N–C) groups is 1. The molecule has 0 unspecified atom stereocenters. The number of cyclic esters (lactones) is 1. The Balaban J connectivity index is 1.89. The molecule has 0 N–H and O–H groups in total. The highest BCUT2D eigenvalue weighted by molar-refractivity contribution is 6.13. The van der Waals surface area contributed by atoms with Crippen LogP contribution in [-0.2, 0) is 14.9 Å². The summed E-state index contributed by atoms with van der Waals surface area (Å²) in [6, 6.07) is 13.7. The van der Waals surface area contributed by atoms with Crippen LogP contribution in [0.25, 0.3) is 6.08 Å². The monoisotopic (exact) mass is 350 g/mol. The van der Waals surface area contributed by atoms with E-state index < -0.39 is 10.9 Å². The van der Waals surface area contributed by atoms with Crippen LogP contribution in [0.3, 0.4) is 0 Å². The molecule has 1 aliphatic heterocycles. The molecule has 0 aliphatic carbocycles. The third kappa shape index (κ3) is 3.69. The predicted octanol–water partition coefficient (Wildman–Crippen LogP) is 4.24. The Labute approximate surface area is 151 Å². The molecule has 0 amide bonds. The van der Waals surface area contributed by atoms with E-state index in [1.54, 1.807) is 12.1 Å². The molecular weight excluding hydrogens is 332 g/mol. The molecular formula is C20H18N2O4. The molecule has 132 valence electrons. The highest BCUT2D eigenvalue weighted by Crippen LogP contribution is 2.24. The van der Waals surface area contributed by atoms with Gasteiger partial charge in [0.1, 0.15) is 0 Å². The summed E-state index contributed by atoms with van der Waals surface area (Å²) in [7, 11) is 0. The van der Waals surface area contributed by atoms with Gasteiger partial charge in [0.05, 0.1) is 4.92 Å². The number of carbonyl (C=O) groups is 1. The molecule has 6 nitrogen and oxygen atoms in total. The quantitative estimate of drug-likeness (QED) is 0.359. The summed E-state index contributed by atoms with van der Waals surface area (Å²) in [4.78, 5) is 26.6. The van der Waals surface area contributed by atoms with Crippen molar-refractivity contribution in [3.05, 3.63) is 81.0 Å². The van der Waals surface area contributed by atoms with E-state index in [9.17, 15) is 14.9 Å². The summed E-state index contributed by atoms with van der Waals surface area (Å²) in [6.07, 6.45) is 1.64. The largest absolute Gasteiger partial charge is 0.402 e. The average Bonchev–Trinajstić information content (AvgIpc) is 2.95. The third-order valence-corrected chi connectivity index (χ3v) is 4.00. The van der Waals surface area contributed by atoms with Gasteiger partial charge in [-0.1, -0.05) is 51.1 Å². The Bertz CT molecular complexity index is 935. The van der Waals surface area contributed by atoms with Gasteiger partial charge >= 0.3 is 5.97 Å². The lowest BCUT2D eigenvalue weighted by molar-refractivity contribution is -0.384. The fraction of sp³-hybridized carbons (Fsp3) is 0.200. The summed E-state index contributed by atoms with van der Waals surface area (Å²) < 4.78 is 5.17. The summed E-state index contributed by atoms with van der Waals surface area (Å²) in [5.74, 6) is -0.511. The number of hydrogen-bond acceptors (Lipinski definition) is 5. The molecule has 1 heterocycles.